The van der Waals surface area contributed by atoms with Crippen molar-refractivity contribution in [1.29, 1.82) is 0 Å². The van der Waals surface area contributed by atoms with Gasteiger partial charge in [0.05, 0.1) is 11.8 Å². The van der Waals surface area contributed by atoms with Crippen molar-refractivity contribution in [2.24, 2.45) is 0 Å². The van der Waals surface area contributed by atoms with E-state index in [1.165, 1.54) is 6.26 Å². The maximum Gasteiger partial charge on any atom is 0.329 e. The Balaban J connectivity index is 2.16. The van der Waals surface area contributed by atoms with Crippen LogP contribution in [0.4, 0.5) is 0 Å². The Labute approximate surface area is 118 Å². The van der Waals surface area contributed by atoms with Crippen LogP contribution in [0, 0.1) is 0 Å². The average Bonchev–Trinajstić information content (AvgIpc) is 2.88. The molecule has 1 saturated carbocycles. The predicted octanol–water partition coefficient (Wildman–Crippen LogP) is 2.75. The second-order valence-corrected chi connectivity index (χ2v) is 5.41. The van der Waals surface area contributed by atoms with Crippen molar-refractivity contribution in [3.63, 3.8) is 0 Å². The molecule has 1 fully saturated rings. The van der Waals surface area contributed by atoms with Gasteiger partial charge in [-0.3, -0.25) is 4.79 Å². The van der Waals surface area contributed by atoms with Gasteiger partial charge in [-0.2, -0.15) is 0 Å². The largest absolute Gasteiger partial charge is 0.480 e. The summed E-state index contributed by atoms with van der Waals surface area (Å²) in [4.78, 5) is 23.9. The molecule has 0 radical (unpaired) electrons. The first kappa shape index (κ1) is 14.6. The topological polar surface area (TPSA) is 79.5 Å². The van der Waals surface area contributed by atoms with Crippen LogP contribution >= 0.6 is 0 Å². The molecule has 1 aromatic rings. The lowest BCUT2D eigenvalue weighted by molar-refractivity contribution is -0.145. The van der Waals surface area contributed by atoms with Gasteiger partial charge in [0.1, 0.15) is 11.3 Å². The SMILES string of the molecule is CCCc1occc1C(=O)NC1(C(=O)O)CCCCC1. The fraction of sp³-hybridized carbons (Fsp3) is 0.600. The van der Waals surface area contributed by atoms with Gasteiger partial charge in [-0.05, 0) is 25.3 Å². The highest BCUT2D eigenvalue weighted by molar-refractivity contribution is 5.98. The molecule has 5 nitrogen and oxygen atoms in total. The van der Waals surface area contributed by atoms with E-state index in [9.17, 15) is 14.7 Å². The third kappa shape index (κ3) is 2.86. The smallest absolute Gasteiger partial charge is 0.329 e. The highest BCUT2D eigenvalue weighted by Crippen LogP contribution is 2.29. The van der Waals surface area contributed by atoms with Crippen LogP contribution in [0.1, 0.15) is 61.6 Å². The van der Waals surface area contributed by atoms with Crippen LogP contribution in [-0.4, -0.2) is 22.5 Å². The number of carboxylic acid groups (broad SMARTS) is 1. The second kappa shape index (κ2) is 6.11. The third-order valence-corrected chi connectivity index (χ3v) is 3.94. The summed E-state index contributed by atoms with van der Waals surface area (Å²) in [6.07, 6.45) is 6.71. The number of furan rings is 1. The Kier molecular flexibility index (Phi) is 4.47. The molecule has 0 atom stereocenters. The molecule has 0 saturated heterocycles. The molecule has 1 amide bonds. The molecule has 0 spiro atoms. The number of hydrogen-bond acceptors (Lipinski definition) is 3. The molecule has 1 aromatic heterocycles. The standard InChI is InChI=1S/C15H21NO4/c1-2-6-12-11(7-10-20-12)13(17)16-15(14(18)19)8-4-3-5-9-15/h7,10H,2-6,8-9H2,1H3,(H,16,17)(H,18,19). The van der Waals surface area contributed by atoms with E-state index in [0.29, 0.717) is 30.6 Å². The summed E-state index contributed by atoms with van der Waals surface area (Å²) < 4.78 is 5.30. The predicted molar refractivity (Wildman–Crippen MR) is 73.6 cm³/mol. The number of carbonyl (C=O) groups is 2. The van der Waals surface area contributed by atoms with Crippen LogP contribution in [0.15, 0.2) is 16.7 Å². The summed E-state index contributed by atoms with van der Waals surface area (Å²) in [6.45, 7) is 2.00. The zero-order valence-electron chi connectivity index (χ0n) is 11.8. The Morgan fingerprint density at radius 2 is 2.05 bits per heavy atom. The maximum atomic E-state index is 12.3. The number of amides is 1. The lowest BCUT2D eigenvalue weighted by atomic mass is 9.81. The molecular weight excluding hydrogens is 258 g/mol. The molecule has 20 heavy (non-hydrogen) atoms. The Morgan fingerprint density at radius 3 is 2.65 bits per heavy atom. The molecule has 0 aliphatic heterocycles. The van der Waals surface area contributed by atoms with E-state index in [2.05, 4.69) is 5.32 Å². The molecule has 0 aromatic carbocycles. The van der Waals surface area contributed by atoms with Gasteiger partial charge in [-0.1, -0.05) is 26.2 Å². The first-order chi connectivity index (χ1) is 9.59. The maximum absolute atomic E-state index is 12.3. The quantitative estimate of drug-likeness (QED) is 0.868. The third-order valence-electron chi connectivity index (χ3n) is 3.94. The Morgan fingerprint density at radius 1 is 1.35 bits per heavy atom. The number of rotatable bonds is 5. The fourth-order valence-electron chi connectivity index (χ4n) is 2.80. The molecule has 1 aliphatic rings. The summed E-state index contributed by atoms with van der Waals surface area (Å²) in [7, 11) is 0. The molecule has 2 rings (SSSR count). The first-order valence-corrected chi connectivity index (χ1v) is 7.21. The Hall–Kier alpha value is -1.78. The van der Waals surface area contributed by atoms with Gasteiger partial charge in [-0.25, -0.2) is 4.79 Å². The van der Waals surface area contributed by atoms with Crippen molar-refractivity contribution < 1.29 is 19.1 Å². The molecule has 110 valence electrons. The molecule has 0 bridgehead atoms. The number of carboxylic acids is 1. The number of aliphatic carboxylic acids is 1. The minimum Gasteiger partial charge on any atom is -0.480 e. The van der Waals surface area contributed by atoms with Gasteiger partial charge < -0.3 is 14.8 Å². The van der Waals surface area contributed by atoms with Crippen LogP contribution in [0.25, 0.3) is 0 Å². The molecule has 1 heterocycles. The van der Waals surface area contributed by atoms with Crippen LogP contribution in [-0.2, 0) is 11.2 Å². The van der Waals surface area contributed by atoms with E-state index < -0.39 is 11.5 Å². The van der Waals surface area contributed by atoms with Gasteiger partial charge in [0.25, 0.3) is 5.91 Å². The lowest BCUT2D eigenvalue weighted by Crippen LogP contribution is -2.55. The van der Waals surface area contributed by atoms with E-state index in [0.717, 1.165) is 25.7 Å². The minimum absolute atomic E-state index is 0.341. The zero-order valence-corrected chi connectivity index (χ0v) is 11.8. The summed E-state index contributed by atoms with van der Waals surface area (Å²) in [6, 6.07) is 1.61. The van der Waals surface area contributed by atoms with Crippen LogP contribution in [0.5, 0.6) is 0 Å². The molecular formula is C15H21NO4. The Bertz CT molecular complexity index is 486. The van der Waals surface area contributed by atoms with Crippen molar-refractivity contribution in [3.05, 3.63) is 23.7 Å². The fourth-order valence-corrected chi connectivity index (χ4v) is 2.80. The van der Waals surface area contributed by atoms with Crippen molar-refractivity contribution in [1.82, 2.24) is 5.32 Å². The van der Waals surface area contributed by atoms with Crippen LogP contribution in [0.2, 0.25) is 0 Å². The summed E-state index contributed by atoms with van der Waals surface area (Å²) in [5.41, 5.74) is -0.658. The van der Waals surface area contributed by atoms with Crippen molar-refractivity contribution in [3.8, 4) is 0 Å². The zero-order chi connectivity index (χ0) is 14.6. The summed E-state index contributed by atoms with van der Waals surface area (Å²) >= 11 is 0. The number of hydrogen-bond donors (Lipinski definition) is 2. The normalized spacial score (nSPS) is 17.6. The van der Waals surface area contributed by atoms with E-state index in [1.807, 2.05) is 6.92 Å². The van der Waals surface area contributed by atoms with Gasteiger partial charge in [0.15, 0.2) is 0 Å². The minimum atomic E-state index is -1.11. The van der Waals surface area contributed by atoms with Gasteiger partial charge in [-0.15, -0.1) is 0 Å². The number of nitrogens with one attached hydrogen (secondary N) is 1. The van der Waals surface area contributed by atoms with E-state index in [4.69, 9.17) is 4.42 Å². The van der Waals surface area contributed by atoms with E-state index in [-0.39, 0.29) is 5.91 Å². The van der Waals surface area contributed by atoms with Gasteiger partial charge >= 0.3 is 5.97 Å². The molecule has 0 unspecified atom stereocenters. The number of carbonyl (C=O) groups excluding carboxylic acids is 1. The first-order valence-electron chi connectivity index (χ1n) is 7.21. The molecule has 2 N–H and O–H groups in total. The summed E-state index contributed by atoms with van der Waals surface area (Å²) in [5.74, 6) is -0.654. The van der Waals surface area contributed by atoms with Crippen LogP contribution in [0.3, 0.4) is 0 Å². The van der Waals surface area contributed by atoms with E-state index >= 15 is 0 Å². The van der Waals surface area contributed by atoms with Crippen molar-refractivity contribution in [2.75, 3.05) is 0 Å². The average molecular weight is 279 g/mol. The van der Waals surface area contributed by atoms with Crippen molar-refractivity contribution >= 4 is 11.9 Å². The molecule has 1 aliphatic carbocycles. The van der Waals surface area contributed by atoms with Crippen molar-refractivity contribution in [2.45, 2.75) is 57.4 Å². The molecule has 5 heteroatoms. The van der Waals surface area contributed by atoms with Gasteiger partial charge in [0, 0.05) is 6.42 Å². The highest BCUT2D eigenvalue weighted by atomic mass is 16.4. The van der Waals surface area contributed by atoms with Crippen LogP contribution < -0.4 is 5.32 Å². The monoisotopic (exact) mass is 279 g/mol. The number of aryl methyl sites for hydroxylation is 1. The lowest BCUT2D eigenvalue weighted by Gasteiger charge is -2.33. The summed E-state index contributed by atoms with van der Waals surface area (Å²) in [5, 5.41) is 12.2. The van der Waals surface area contributed by atoms with E-state index in [1.54, 1.807) is 6.07 Å². The second-order valence-electron chi connectivity index (χ2n) is 5.41. The highest BCUT2D eigenvalue weighted by Gasteiger charge is 2.41. The van der Waals surface area contributed by atoms with Gasteiger partial charge in [0.2, 0.25) is 0 Å².